The minimum absolute atomic E-state index is 0.111. The summed E-state index contributed by atoms with van der Waals surface area (Å²) in [6.07, 6.45) is 8.97. The Balaban J connectivity index is 1.55. The van der Waals surface area contributed by atoms with Gasteiger partial charge in [-0.2, -0.15) is 0 Å². The third-order valence-corrected chi connectivity index (χ3v) is 6.53. The molecule has 5 heteroatoms. The van der Waals surface area contributed by atoms with Crippen LogP contribution >= 0.6 is 0 Å². The number of hydrogen-bond donors (Lipinski definition) is 1. The molecule has 0 unspecified atom stereocenters. The number of rotatable bonds is 5. The highest BCUT2D eigenvalue weighted by Gasteiger charge is 2.54. The molecule has 114 valence electrons. The predicted molar refractivity (Wildman–Crippen MR) is 77.9 cm³/mol. The smallest absolute Gasteiger partial charge is 0.226 e. The molecule has 4 aliphatic rings. The summed E-state index contributed by atoms with van der Waals surface area (Å²) in [4.78, 5) is 12.6. The number of sulfone groups is 1. The molecule has 0 heterocycles. The molecule has 4 rings (SSSR count). The largest absolute Gasteiger partial charge is 0.356 e. The molecule has 1 N–H and O–H groups in total. The number of carbonyl (C=O) groups is 1. The summed E-state index contributed by atoms with van der Waals surface area (Å²) in [5, 5.41) is 3.01. The average Bonchev–Trinajstić information content (AvgIpc) is 2.31. The second kappa shape index (κ2) is 5.00. The molecule has 0 aromatic rings. The maximum absolute atomic E-state index is 12.6. The molecule has 0 aromatic heterocycles. The summed E-state index contributed by atoms with van der Waals surface area (Å²) in [5.74, 6) is 2.66. The fourth-order valence-electron chi connectivity index (χ4n) is 5.11. The lowest BCUT2D eigenvalue weighted by Crippen LogP contribution is -2.53. The van der Waals surface area contributed by atoms with Crippen LogP contribution in [0.4, 0.5) is 0 Å². The first-order chi connectivity index (χ1) is 9.36. The SMILES string of the molecule is CS(=O)(=O)CCCNC(=O)C12CC3CC(CC(C3)C1)C2. The van der Waals surface area contributed by atoms with E-state index in [1.807, 2.05) is 0 Å². The Morgan fingerprint density at radius 3 is 2.05 bits per heavy atom. The van der Waals surface area contributed by atoms with Crippen molar-refractivity contribution >= 4 is 15.7 Å². The van der Waals surface area contributed by atoms with E-state index in [1.54, 1.807) is 0 Å². The van der Waals surface area contributed by atoms with Crippen LogP contribution in [0.2, 0.25) is 0 Å². The Labute approximate surface area is 121 Å². The van der Waals surface area contributed by atoms with Crippen LogP contribution in [-0.2, 0) is 14.6 Å². The molecular weight excluding hydrogens is 274 g/mol. The van der Waals surface area contributed by atoms with Crippen molar-refractivity contribution in [2.24, 2.45) is 23.2 Å². The maximum atomic E-state index is 12.6. The summed E-state index contributed by atoms with van der Waals surface area (Å²) in [5.41, 5.74) is -0.111. The lowest BCUT2D eigenvalue weighted by molar-refractivity contribution is -0.146. The van der Waals surface area contributed by atoms with Gasteiger partial charge in [-0.3, -0.25) is 4.79 Å². The van der Waals surface area contributed by atoms with Crippen molar-refractivity contribution in [2.45, 2.75) is 44.9 Å². The van der Waals surface area contributed by atoms with E-state index in [9.17, 15) is 13.2 Å². The Bertz CT molecular complexity index is 462. The van der Waals surface area contributed by atoms with E-state index >= 15 is 0 Å². The third-order valence-electron chi connectivity index (χ3n) is 5.50. The van der Waals surface area contributed by atoms with Gasteiger partial charge in [-0.1, -0.05) is 0 Å². The van der Waals surface area contributed by atoms with E-state index < -0.39 is 9.84 Å². The molecule has 4 fully saturated rings. The second-order valence-corrected chi connectivity index (χ2v) is 9.70. The highest BCUT2D eigenvalue weighted by atomic mass is 32.2. The number of carbonyl (C=O) groups excluding carboxylic acids is 1. The standard InChI is InChI=1S/C15H25NO3S/c1-20(18,19)4-2-3-16-14(17)15-8-11-5-12(9-15)7-13(6-11)10-15/h11-13H,2-10H2,1H3,(H,16,17). The maximum Gasteiger partial charge on any atom is 0.226 e. The quantitative estimate of drug-likeness (QED) is 0.787. The van der Waals surface area contributed by atoms with E-state index in [2.05, 4.69) is 5.32 Å². The van der Waals surface area contributed by atoms with E-state index in [0.717, 1.165) is 37.0 Å². The fraction of sp³-hybridized carbons (Fsp3) is 0.933. The van der Waals surface area contributed by atoms with Gasteiger partial charge in [-0.15, -0.1) is 0 Å². The van der Waals surface area contributed by atoms with Gasteiger partial charge < -0.3 is 5.32 Å². The van der Waals surface area contributed by atoms with Gasteiger partial charge in [0.2, 0.25) is 5.91 Å². The first-order valence-electron chi connectivity index (χ1n) is 7.82. The molecule has 4 saturated carbocycles. The highest BCUT2D eigenvalue weighted by molar-refractivity contribution is 7.90. The Kier molecular flexibility index (Phi) is 3.59. The second-order valence-electron chi connectivity index (χ2n) is 7.44. The minimum atomic E-state index is -2.92. The normalized spacial score (nSPS) is 39.0. The van der Waals surface area contributed by atoms with Crippen LogP contribution in [0.15, 0.2) is 0 Å². The number of nitrogens with one attached hydrogen (secondary N) is 1. The van der Waals surface area contributed by atoms with Crippen molar-refractivity contribution in [1.29, 1.82) is 0 Å². The van der Waals surface area contributed by atoms with Gasteiger partial charge in [-0.05, 0) is 62.7 Å². The highest BCUT2D eigenvalue weighted by Crippen LogP contribution is 2.60. The molecule has 20 heavy (non-hydrogen) atoms. The van der Waals surface area contributed by atoms with Crippen molar-refractivity contribution in [1.82, 2.24) is 5.32 Å². The van der Waals surface area contributed by atoms with Gasteiger partial charge in [0, 0.05) is 18.2 Å². The summed E-state index contributed by atoms with van der Waals surface area (Å²) < 4.78 is 22.2. The van der Waals surface area contributed by atoms with Gasteiger partial charge in [0.05, 0.1) is 5.75 Å². The van der Waals surface area contributed by atoms with Crippen molar-refractivity contribution in [2.75, 3.05) is 18.6 Å². The summed E-state index contributed by atoms with van der Waals surface area (Å²) >= 11 is 0. The third kappa shape index (κ3) is 2.87. The minimum Gasteiger partial charge on any atom is -0.356 e. The summed E-state index contributed by atoms with van der Waals surface area (Å²) in [6, 6.07) is 0. The van der Waals surface area contributed by atoms with Crippen molar-refractivity contribution in [3.8, 4) is 0 Å². The van der Waals surface area contributed by atoms with Crippen LogP contribution in [-0.4, -0.2) is 32.9 Å². The Hall–Kier alpha value is -0.580. The van der Waals surface area contributed by atoms with Crippen LogP contribution in [0.25, 0.3) is 0 Å². The Morgan fingerprint density at radius 1 is 1.10 bits per heavy atom. The van der Waals surface area contributed by atoms with Crippen LogP contribution in [0.5, 0.6) is 0 Å². The summed E-state index contributed by atoms with van der Waals surface area (Å²) in [7, 11) is -2.92. The first kappa shape index (κ1) is 14.4. The van der Waals surface area contributed by atoms with Crippen molar-refractivity contribution in [3.63, 3.8) is 0 Å². The van der Waals surface area contributed by atoms with Gasteiger partial charge >= 0.3 is 0 Å². The zero-order valence-corrected chi connectivity index (χ0v) is 13.0. The molecule has 0 spiro atoms. The molecular formula is C15H25NO3S. The van der Waals surface area contributed by atoms with Gasteiger partial charge in [-0.25, -0.2) is 8.42 Å². The molecule has 0 aromatic carbocycles. The monoisotopic (exact) mass is 299 g/mol. The average molecular weight is 299 g/mol. The number of amides is 1. The lowest BCUT2D eigenvalue weighted by atomic mass is 9.49. The Morgan fingerprint density at radius 2 is 1.60 bits per heavy atom. The summed E-state index contributed by atoms with van der Waals surface area (Å²) in [6.45, 7) is 0.494. The van der Waals surface area contributed by atoms with E-state index in [4.69, 9.17) is 0 Å². The topological polar surface area (TPSA) is 63.2 Å². The lowest BCUT2D eigenvalue weighted by Gasteiger charge is -2.55. The number of hydrogen-bond acceptors (Lipinski definition) is 3. The van der Waals surface area contributed by atoms with E-state index in [0.29, 0.717) is 13.0 Å². The van der Waals surface area contributed by atoms with Crippen molar-refractivity contribution < 1.29 is 13.2 Å². The molecule has 0 saturated heterocycles. The molecule has 4 bridgehead atoms. The molecule has 4 nitrogen and oxygen atoms in total. The molecule has 0 aliphatic heterocycles. The zero-order chi connectivity index (χ0) is 14.4. The van der Waals surface area contributed by atoms with Gasteiger partial charge in [0.25, 0.3) is 0 Å². The van der Waals surface area contributed by atoms with Crippen molar-refractivity contribution in [3.05, 3.63) is 0 Å². The van der Waals surface area contributed by atoms with E-state index in [1.165, 1.54) is 25.5 Å². The molecule has 0 radical (unpaired) electrons. The fourth-order valence-corrected chi connectivity index (χ4v) is 5.78. The molecule has 1 amide bonds. The van der Waals surface area contributed by atoms with Gasteiger partial charge in [0.1, 0.15) is 9.84 Å². The van der Waals surface area contributed by atoms with Gasteiger partial charge in [0.15, 0.2) is 0 Å². The molecule has 4 aliphatic carbocycles. The van der Waals surface area contributed by atoms with E-state index in [-0.39, 0.29) is 17.1 Å². The zero-order valence-electron chi connectivity index (χ0n) is 12.2. The predicted octanol–water partition coefficient (Wildman–Crippen LogP) is 1.75. The van der Waals surface area contributed by atoms with Crippen LogP contribution in [0.3, 0.4) is 0 Å². The van der Waals surface area contributed by atoms with Crippen LogP contribution < -0.4 is 5.32 Å². The van der Waals surface area contributed by atoms with Crippen LogP contribution in [0, 0.1) is 23.2 Å². The van der Waals surface area contributed by atoms with Crippen LogP contribution in [0.1, 0.15) is 44.9 Å². The molecule has 0 atom stereocenters. The first-order valence-corrected chi connectivity index (χ1v) is 9.88.